The van der Waals surface area contributed by atoms with Gasteiger partial charge in [0, 0.05) is 17.6 Å². The summed E-state index contributed by atoms with van der Waals surface area (Å²) in [6.45, 7) is 0. The maximum atomic E-state index is 10.9. The van der Waals surface area contributed by atoms with Crippen LogP contribution >= 0.6 is 24.0 Å². The molecule has 4 nitrogen and oxygen atoms in total. The lowest BCUT2D eigenvalue weighted by molar-refractivity contribution is 0.0691. The summed E-state index contributed by atoms with van der Waals surface area (Å²) in [5, 5.41) is 10.4. The van der Waals surface area contributed by atoms with Crippen LogP contribution in [0.15, 0.2) is 36.5 Å². The van der Waals surface area contributed by atoms with Crippen molar-refractivity contribution in [3.8, 4) is 0 Å². The topological polar surface area (TPSA) is 54.6 Å². The molecule has 1 N–H and O–H groups in total. The summed E-state index contributed by atoms with van der Waals surface area (Å²) in [4.78, 5) is 14.9. The number of nitrogens with zero attached hydrogens (tertiary/aromatic N) is 2. The van der Waals surface area contributed by atoms with Crippen LogP contribution in [-0.4, -0.2) is 20.5 Å². The summed E-state index contributed by atoms with van der Waals surface area (Å²) in [6, 6.07) is 9.18. The highest BCUT2D eigenvalue weighted by Crippen LogP contribution is 2.25. The number of imidazole rings is 1. The van der Waals surface area contributed by atoms with E-state index in [-0.39, 0.29) is 18.1 Å². The van der Waals surface area contributed by atoms with E-state index in [4.69, 9.17) is 16.7 Å². The number of hydrogen-bond acceptors (Lipinski definition) is 2. The zero-order chi connectivity index (χ0) is 12.0. The van der Waals surface area contributed by atoms with Gasteiger partial charge in [0.15, 0.2) is 5.69 Å². The number of para-hydroxylation sites is 1. The fraction of sp³-hybridized carbons (Fsp3) is 0. The molecule has 0 radical (unpaired) electrons. The van der Waals surface area contributed by atoms with Crippen molar-refractivity contribution in [2.24, 2.45) is 0 Å². The van der Waals surface area contributed by atoms with Crippen molar-refractivity contribution in [2.45, 2.75) is 0 Å². The third-order valence-corrected chi connectivity index (χ3v) is 2.94. The SMILES string of the molecule is Cl.O=C(O)c1cn2c(cc(Cl)c3ccccc32)n1. The lowest BCUT2D eigenvalue weighted by atomic mass is 10.2. The third-order valence-electron chi connectivity index (χ3n) is 2.63. The fourth-order valence-corrected chi connectivity index (χ4v) is 2.13. The molecule has 2 aromatic heterocycles. The normalized spacial score (nSPS) is 10.5. The van der Waals surface area contributed by atoms with E-state index in [1.807, 2.05) is 24.3 Å². The zero-order valence-electron chi connectivity index (χ0n) is 9.00. The Labute approximate surface area is 113 Å². The van der Waals surface area contributed by atoms with Crippen molar-refractivity contribution in [1.29, 1.82) is 0 Å². The molecule has 0 aliphatic rings. The molecule has 1 aromatic carbocycles. The number of carbonyl (C=O) groups is 1. The molecule has 0 amide bonds. The number of carboxylic acids is 1. The highest BCUT2D eigenvalue weighted by Gasteiger charge is 2.11. The maximum absolute atomic E-state index is 10.9. The van der Waals surface area contributed by atoms with E-state index < -0.39 is 5.97 Å². The Kier molecular flexibility index (Phi) is 3.15. The predicted molar refractivity (Wildman–Crippen MR) is 71.9 cm³/mol. The van der Waals surface area contributed by atoms with Crippen LogP contribution in [-0.2, 0) is 0 Å². The standard InChI is InChI=1S/C12H7ClN2O2.ClH/c13-8-5-11-14-9(12(16)17)6-15(11)10-4-2-1-3-7(8)10;/h1-6H,(H,16,17);1H. The van der Waals surface area contributed by atoms with Crippen molar-refractivity contribution >= 4 is 46.5 Å². The lowest BCUT2D eigenvalue weighted by Crippen LogP contribution is -1.94. The monoisotopic (exact) mass is 282 g/mol. The minimum absolute atomic E-state index is 0. The van der Waals surface area contributed by atoms with Gasteiger partial charge in [-0.3, -0.25) is 4.40 Å². The van der Waals surface area contributed by atoms with Gasteiger partial charge in [0.05, 0.1) is 10.5 Å². The molecular weight excluding hydrogens is 275 g/mol. The predicted octanol–water partition coefficient (Wildman–Crippen LogP) is 3.26. The minimum atomic E-state index is -1.05. The number of pyridine rings is 1. The van der Waals surface area contributed by atoms with E-state index in [1.54, 1.807) is 10.5 Å². The van der Waals surface area contributed by atoms with E-state index in [2.05, 4.69) is 4.98 Å². The molecule has 0 aliphatic carbocycles. The number of carboxylic acid groups (broad SMARTS) is 1. The van der Waals surface area contributed by atoms with E-state index in [9.17, 15) is 4.79 Å². The first-order chi connectivity index (χ1) is 8.16. The quantitative estimate of drug-likeness (QED) is 0.745. The Bertz CT molecular complexity index is 752. The first-order valence-corrected chi connectivity index (χ1v) is 5.34. The van der Waals surface area contributed by atoms with Crippen LogP contribution in [0.1, 0.15) is 10.5 Å². The average molecular weight is 283 g/mol. The van der Waals surface area contributed by atoms with Gasteiger partial charge in [-0.2, -0.15) is 0 Å². The van der Waals surface area contributed by atoms with Crippen molar-refractivity contribution in [3.63, 3.8) is 0 Å². The molecule has 0 saturated carbocycles. The van der Waals surface area contributed by atoms with E-state index in [0.29, 0.717) is 10.7 Å². The van der Waals surface area contributed by atoms with Crippen LogP contribution in [0.5, 0.6) is 0 Å². The molecular formula is C12H8Cl2N2O2. The second-order valence-electron chi connectivity index (χ2n) is 3.67. The third kappa shape index (κ3) is 1.79. The molecule has 2 heterocycles. The smallest absolute Gasteiger partial charge is 0.356 e. The Morgan fingerprint density at radius 3 is 2.78 bits per heavy atom. The maximum Gasteiger partial charge on any atom is 0.356 e. The molecule has 0 bridgehead atoms. The molecule has 0 saturated heterocycles. The second-order valence-corrected chi connectivity index (χ2v) is 4.08. The molecule has 0 spiro atoms. The zero-order valence-corrected chi connectivity index (χ0v) is 10.6. The number of fused-ring (bicyclic) bond motifs is 3. The molecule has 3 aromatic rings. The van der Waals surface area contributed by atoms with Gasteiger partial charge in [0.2, 0.25) is 0 Å². The number of aromatic carboxylic acids is 1. The highest BCUT2D eigenvalue weighted by atomic mass is 35.5. The molecule has 0 fully saturated rings. The van der Waals surface area contributed by atoms with Gasteiger partial charge in [0.25, 0.3) is 0 Å². The van der Waals surface area contributed by atoms with E-state index in [1.165, 1.54) is 6.20 Å². The Morgan fingerprint density at radius 2 is 2.06 bits per heavy atom. The summed E-state index contributed by atoms with van der Waals surface area (Å²) in [5.41, 5.74) is 1.39. The van der Waals surface area contributed by atoms with Crippen LogP contribution in [0.4, 0.5) is 0 Å². The largest absolute Gasteiger partial charge is 0.476 e. The number of hydrogen-bond donors (Lipinski definition) is 1. The Hall–Kier alpha value is -1.78. The number of halogens is 2. The number of benzene rings is 1. The summed E-state index contributed by atoms with van der Waals surface area (Å²) >= 11 is 6.12. The van der Waals surface area contributed by atoms with Gasteiger partial charge in [-0.05, 0) is 6.07 Å². The number of rotatable bonds is 1. The lowest BCUT2D eigenvalue weighted by Gasteiger charge is -2.03. The first kappa shape index (κ1) is 12.7. The first-order valence-electron chi connectivity index (χ1n) is 4.96. The Balaban J connectivity index is 0.00000120. The van der Waals surface area contributed by atoms with Gasteiger partial charge in [-0.15, -0.1) is 12.4 Å². The fourth-order valence-electron chi connectivity index (χ4n) is 1.87. The van der Waals surface area contributed by atoms with Gasteiger partial charge in [0.1, 0.15) is 5.65 Å². The van der Waals surface area contributed by atoms with E-state index >= 15 is 0 Å². The van der Waals surface area contributed by atoms with Crippen molar-refractivity contribution < 1.29 is 9.90 Å². The van der Waals surface area contributed by atoms with E-state index in [0.717, 1.165) is 10.9 Å². The highest BCUT2D eigenvalue weighted by molar-refractivity contribution is 6.35. The van der Waals surface area contributed by atoms with Crippen LogP contribution in [0.25, 0.3) is 16.6 Å². The molecule has 0 unspecified atom stereocenters. The average Bonchev–Trinajstić information content (AvgIpc) is 2.73. The molecule has 6 heteroatoms. The second kappa shape index (κ2) is 4.48. The summed E-state index contributed by atoms with van der Waals surface area (Å²) in [5.74, 6) is -1.05. The summed E-state index contributed by atoms with van der Waals surface area (Å²) < 4.78 is 1.73. The molecule has 3 rings (SSSR count). The van der Waals surface area contributed by atoms with Crippen molar-refractivity contribution in [3.05, 3.63) is 47.2 Å². The molecule has 18 heavy (non-hydrogen) atoms. The summed E-state index contributed by atoms with van der Waals surface area (Å²) in [7, 11) is 0. The van der Waals surface area contributed by atoms with Crippen LogP contribution in [0.3, 0.4) is 0 Å². The molecule has 0 atom stereocenters. The summed E-state index contributed by atoms with van der Waals surface area (Å²) in [6.07, 6.45) is 1.50. The van der Waals surface area contributed by atoms with Crippen LogP contribution < -0.4 is 0 Å². The van der Waals surface area contributed by atoms with Crippen molar-refractivity contribution in [2.75, 3.05) is 0 Å². The van der Waals surface area contributed by atoms with Gasteiger partial charge in [-0.1, -0.05) is 29.8 Å². The number of aromatic nitrogens is 2. The molecule has 92 valence electrons. The Morgan fingerprint density at radius 1 is 1.33 bits per heavy atom. The van der Waals surface area contributed by atoms with Gasteiger partial charge < -0.3 is 5.11 Å². The minimum Gasteiger partial charge on any atom is -0.476 e. The van der Waals surface area contributed by atoms with Crippen molar-refractivity contribution in [1.82, 2.24) is 9.38 Å². The van der Waals surface area contributed by atoms with Gasteiger partial charge in [-0.25, -0.2) is 9.78 Å². The van der Waals surface area contributed by atoms with Crippen LogP contribution in [0, 0.1) is 0 Å². The van der Waals surface area contributed by atoms with Gasteiger partial charge >= 0.3 is 5.97 Å². The molecule has 0 aliphatic heterocycles. The van der Waals surface area contributed by atoms with Crippen LogP contribution in [0.2, 0.25) is 5.02 Å².